The molecule has 0 aromatic heterocycles. The molecule has 3 heteroatoms. The number of halogens is 1. The van der Waals surface area contributed by atoms with Crippen LogP contribution in [0.2, 0.25) is 0 Å². The molecule has 0 aliphatic heterocycles. The molecule has 0 N–H and O–H groups in total. The van der Waals surface area contributed by atoms with Gasteiger partial charge in [0.15, 0.2) is 11.5 Å². The highest BCUT2D eigenvalue weighted by Gasteiger charge is 2.27. The molecule has 0 saturated carbocycles. The van der Waals surface area contributed by atoms with Gasteiger partial charge >= 0.3 is 0 Å². The van der Waals surface area contributed by atoms with E-state index in [4.69, 9.17) is 9.47 Å². The fourth-order valence-electron chi connectivity index (χ4n) is 1.75. The summed E-state index contributed by atoms with van der Waals surface area (Å²) in [7, 11) is 0. The molecule has 1 aromatic rings. The Morgan fingerprint density at radius 2 is 1.74 bits per heavy atom. The number of benzene rings is 1. The van der Waals surface area contributed by atoms with E-state index in [1.165, 1.54) is 0 Å². The second-order valence-electron chi connectivity index (χ2n) is 5.42. The Morgan fingerprint density at radius 1 is 1.16 bits per heavy atom. The Labute approximate surface area is 125 Å². The predicted octanol–water partition coefficient (Wildman–Crippen LogP) is 4.91. The molecule has 0 radical (unpaired) electrons. The van der Waals surface area contributed by atoms with E-state index in [0.717, 1.165) is 23.2 Å². The van der Waals surface area contributed by atoms with E-state index < -0.39 is 0 Å². The smallest absolute Gasteiger partial charge is 0.161 e. The van der Waals surface area contributed by atoms with Crippen molar-refractivity contribution in [3.8, 4) is 11.5 Å². The number of hydrogen-bond acceptors (Lipinski definition) is 2. The van der Waals surface area contributed by atoms with Crippen LogP contribution in [0.5, 0.6) is 11.5 Å². The molecule has 0 amide bonds. The lowest BCUT2D eigenvalue weighted by molar-refractivity contribution is 0.177. The van der Waals surface area contributed by atoms with Crippen molar-refractivity contribution in [2.75, 3.05) is 18.5 Å². The molecule has 1 aromatic carbocycles. The molecule has 1 rings (SSSR count). The second kappa shape index (κ2) is 7.78. The van der Waals surface area contributed by atoms with Gasteiger partial charge in [-0.1, -0.05) is 48.8 Å². The maximum absolute atomic E-state index is 5.89. The van der Waals surface area contributed by atoms with E-state index in [9.17, 15) is 0 Å². The summed E-state index contributed by atoms with van der Waals surface area (Å²) >= 11 is 3.62. The van der Waals surface area contributed by atoms with E-state index in [1.807, 2.05) is 31.2 Å². The summed E-state index contributed by atoms with van der Waals surface area (Å²) in [6.45, 7) is 10.2. The number of para-hydroxylation sites is 2. The monoisotopic (exact) mass is 328 g/mol. The maximum Gasteiger partial charge on any atom is 0.161 e. The standard InChI is InChI=1S/C16H25BrO2/c1-5-18-14-8-6-7-9-15(14)19-11-10-16(4,12-17)13(2)3/h6-9,13H,5,10-12H2,1-4H3. The van der Waals surface area contributed by atoms with Crippen molar-refractivity contribution in [2.24, 2.45) is 11.3 Å². The lowest BCUT2D eigenvalue weighted by Gasteiger charge is -2.31. The van der Waals surface area contributed by atoms with Gasteiger partial charge in [-0.3, -0.25) is 0 Å². The van der Waals surface area contributed by atoms with Gasteiger partial charge in [0.05, 0.1) is 13.2 Å². The molecule has 0 aliphatic rings. The summed E-state index contributed by atoms with van der Waals surface area (Å²) in [6.07, 6.45) is 1.02. The predicted molar refractivity (Wildman–Crippen MR) is 84.5 cm³/mol. The third-order valence-electron chi connectivity index (χ3n) is 3.78. The van der Waals surface area contributed by atoms with Crippen molar-refractivity contribution in [3.63, 3.8) is 0 Å². The summed E-state index contributed by atoms with van der Waals surface area (Å²) in [6, 6.07) is 7.86. The average Bonchev–Trinajstić information content (AvgIpc) is 2.40. The van der Waals surface area contributed by atoms with Crippen molar-refractivity contribution in [1.29, 1.82) is 0 Å². The van der Waals surface area contributed by atoms with Crippen LogP contribution in [0.4, 0.5) is 0 Å². The van der Waals surface area contributed by atoms with E-state index in [0.29, 0.717) is 19.1 Å². The van der Waals surface area contributed by atoms with Gasteiger partial charge in [0, 0.05) is 5.33 Å². The highest BCUT2D eigenvalue weighted by Crippen LogP contribution is 2.34. The van der Waals surface area contributed by atoms with E-state index >= 15 is 0 Å². The zero-order valence-electron chi connectivity index (χ0n) is 12.4. The van der Waals surface area contributed by atoms with Crippen LogP contribution >= 0.6 is 15.9 Å². The van der Waals surface area contributed by atoms with Crippen LogP contribution < -0.4 is 9.47 Å². The molecule has 19 heavy (non-hydrogen) atoms. The van der Waals surface area contributed by atoms with Crippen LogP contribution in [0.15, 0.2) is 24.3 Å². The quantitative estimate of drug-likeness (QED) is 0.631. The molecule has 108 valence electrons. The first-order valence-electron chi connectivity index (χ1n) is 6.94. The van der Waals surface area contributed by atoms with Crippen LogP contribution in [-0.4, -0.2) is 18.5 Å². The van der Waals surface area contributed by atoms with Gasteiger partial charge < -0.3 is 9.47 Å². The third kappa shape index (κ3) is 4.72. The normalized spacial score (nSPS) is 14.2. The van der Waals surface area contributed by atoms with Crippen LogP contribution in [-0.2, 0) is 0 Å². The number of ether oxygens (including phenoxy) is 2. The summed E-state index contributed by atoms with van der Waals surface area (Å²) < 4.78 is 11.5. The minimum atomic E-state index is 0.264. The first-order valence-corrected chi connectivity index (χ1v) is 8.06. The van der Waals surface area contributed by atoms with E-state index in [-0.39, 0.29) is 5.41 Å². The van der Waals surface area contributed by atoms with Gasteiger partial charge in [-0.15, -0.1) is 0 Å². The van der Waals surface area contributed by atoms with Crippen molar-refractivity contribution in [1.82, 2.24) is 0 Å². The SMILES string of the molecule is CCOc1ccccc1OCCC(C)(CBr)C(C)C. The van der Waals surface area contributed by atoms with E-state index in [1.54, 1.807) is 0 Å². The third-order valence-corrected chi connectivity index (χ3v) is 5.06. The fourth-order valence-corrected chi connectivity index (χ4v) is 2.68. The van der Waals surface area contributed by atoms with Gasteiger partial charge in [0.25, 0.3) is 0 Å². The van der Waals surface area contributed by atoms with Crippen LogP contribution in [0.25, 0.3) is 0 Å². The summed E-state index contributed by atoms with van der Waals surface area (Å²) in [5.41, 5.74) is 0.264. The van der Waals surface area contributed by atoms with Gasteiger partial charge in [0.1, 0.15) is 0 Å². The molecule has 0 spiro atoms. The molecule has 0 bridgehead atoms. The zero-order chi connectivity index (χ0) is 14.3. The minimum Gasteiger partial charge on any atom is -0.490 e. The maximum atomic E-state index is 5.89. The first kappa shape index (κ1) is 16.4. The van der Waals surface area contributed by atoms with Crippen molar-refractivity contribution in [2.45, 2.75) is 34.1 Å². The Morgan fingerprint density at radius 3 is 2.21 bits per heavy atom. The summed E-state index contributed by atoms with van der Waals surface area (Å²) in [5.74, 6) is 2.29. The van der Waals surface area contributed by atoms with Crippen LogP contribution in [0.3, 0.4) is 0 Å². The molecule has 1 atom stereocenters. The van der Waals surface area contributed by atoms with Crippen LogP contribution in [0, 0.1) is 11.3 Å². The second-order valence-corrected chi connectivity index (χ2v) is 5.98. The first-order chi connectivity index (χ1) is 9.03. The van der Waals surface area contributed by atoms with Gasteiger partial charge in [-0.05, 0) is 36.8 Å². The van der Waals surface area contributed by atoms with Crippen molar-refractivity contribution < 1.29 is 9.47 Å². The Kier molecular flexibility index (Phi) is 6.70. The minimum absolute atomic E-state index is 0.264. The van der Waals surface area contributed by atoms with Crippen molar-refractivity contribution >= 4 is 15.9 Å². The molecule has 0 saturated heterocycles. The van der Waals surface area contributed by atoms with Gasteiger partial charge in [-0.25, -0.2) is 0 Å². The molecule has 0 fully saturated rings. The number of alkyl halides is 1. The van der Waals surface area contributed by atoms with Gasteiger partial charge in [0.2, 0.25) is 0 Å². The number of rotatable bonds is 8. The number of hydrogen-bond donors (Lipinski definition) is 0. The average molecular weight is 329 g/mol. The lowest BCUT2D eigenvalue weighted by Crippen LogP contribution is -2.27. The zero-order valence-corrected chi connectivity index (χ0v) is 14.0. The highest BCUT2D eigenvalue weighted by molar-refractivity contribution is 9.09. The topological polar surface area (TPSA) is 18.5 Å². The fraction of sp³-hybridized carbons (Fsp3) is 0.625. The summed E-state index contributed by atoms with van der Waals surface area (Å²) in [4.78, 5) is 0. The van der Waals surface area contributed by atoms with Gasteiger partial charge in [-0.2, -0.15) is 0 Å². The molecule has 1 unspecified atom stereocenters. The van der Waals surface area contributed by atoms with Crippen molar-refractivity contribution in [3.05, 3.63) is 24.3 Å². The highest BCUT2D eigenvalue weighted by atomic mass is 79.9. The Balaban J connectivity index is 2.58. The molecular formula is C16H25BrO2. The Bertz CT molecular complexity index is 379. The largest absolute Gasteiger partial charge is 0.490 e. The van der Waals surface area contributed by atoms with E-state index in [2.05, 4.69) is 36.7 Å². The van der Waals surface area contributed by atoms with Crippen LogP contribution in [0.1, 0.15) is 34.1 Å². The molecule has 0 aliphatic carbocycles. The Hall–Kier alpha value is -0.700. The summed E-state index contributed by atoms with van der Waals surface area (Å²) in [5, 5.41) is 0.994. The molecule has 0 heterocycles. The lowest BCUT2D eigenvalue weighted by atomic mass is 9.78. The molecule has 2 nitrogen and oxygen atoms in total. The molecular weight excluding hydrogens is 304 g/mol.